The van der Waals surface area contributed by atoms with Gasteiger partial charge in [-0.2, -0.15) is 0 Å². The van der Waals surface area contributed by atoms with Crippen molar-refractivity contribution in [1.29, 1.82) is 0 Å². The van der Waals surface area contributed by atoms with Gasteiger partial charge < -0.3 is 9.73 Å². The average molecular weight is 304 g/mol. The molecule has 0 aliphatic rings. The fraction of sp³-hybridized carbons (Fsp3) is 0.176. The van der Waals surface area contributed by atoms with Crippen molar-refractivity contribution in [3.8, 4) is 0 Å². The van der Waals surface area contributed by atoms with Gasteiger partial charge in [-0.25, -0.2) is 4.39 Å². The quantitative estimate of drug-likeness (QED) is 0.727. The van der Waals surface area contributed by atoms with Crippen LogP contribution in [0, 0.1) is 5.82 Å². The van der Waals surface area contributed by atoms with Crippen LogP contribution in [0.15, 0.2) is 52.9 Å². The van der Waals surface area contributed by atoms with Gasteiger partial charge in [-0.3, -0.25) is 0 Å². The van der Waals surface area contributed by atoms with Crippen LogP contribution in [-0.2, 0) is 6.54 Å². The molecule has 0 saturated carbocycles. The first-order chi connectivity index (χ1) is 10.1. The minimum Gasteiger partial charge on any atom is -0.459 e. The number of rotatable bonds is 4. The van der Waals surface area contributed by atoms with E-state index in [1.165, 1.54) is 0 Å². The number of hydrogen-bond acceptors (Lipinski definition) is 2. The van der Waals surface area contributed by atoms with E-state index < -0.39 is 0 Å². The fourth-order valence-corrected chi connectivity index (χ4v) is 2.46. The lowest BCUT2D eigenvalue weighted by molar-refractivity contribution is 0.446. The molecule has 2 aromatic carbocycles. The monoisotopic (exact) mass is 303 g/mol. The number of benzene rings is 2. The van der Waals surface area contributed by atoms with Crippen LogP contribution in [-0.4, -0.2) is 0 Å². The molecule has 0 radical (unpaired) electrons. The van der Waals surface area contributed by atoms with Crippen molar-refractivity contribution in [2.24, 2.45) is 0 Å². The smallest absolute Gasteiger partial charge is 0.146 e. The Bertz CT molecular complexity index is 735. The molecule has 0 bridgehead atoms. The predicted octanol–water partition coefficient (Wildman–Crippen LogP) is 5.08. The van der Waals surface area contributed by atoms with E-state index in [0.29, 0.717) is 12.1 Å². The highest BCUT2D eigenvalue weighted by Crippen LogP contribution is 2.24. The molecule has 21 heavy (non-hydrogen) atoms. The molecule has 1 heterocycles. The molecule has 3 rings (SSSR count). The van der Waals surface area contributed by atoms with E-state index in [1.54, 1.807) is 18.2 Å². The number of fused-ring (bicyclic) bond motifs is 1. The van der Waals surface area contributed by atoms with E-state index in [4.69, 9.17) is 16.0 Å². The largest absolute Gasteiger partial charge is 0.459 e. The second-order valence-electron chi connectivity index (χ2n) is 5.00. The van der Waals surface area contributed by atoms with Crippen LogP contribution in [0.2, 0.25) is 5.02 Å². The molecule has 0 aliphatic heterocycles. The first-order valence-corrected chi connectivity index (χ1v) is 7.17. The summed E-state index contributed by atoms with van der Waals surface area (Å²) in [4.78, 5) is 0. The maximum Gasteiger partial charge on any atom is 0.146 e. The Hall–Kier alpha value is -1.84. The van der Waals surface area contributed by atoms with Crippen LogP contribution in [0.5, 0.6) is 0 Å². The summed E-state index contributed by atoms with van der Waals surface area (Å²) in [6.07, 6.45) is 0. The normalized spacial score (nSPS) is 12.7. The van der Waals surface area contributed by atoms with E-state index in [0.717, 1.165) is 16.7 Å². The van der Waals surface area contributed by atoms with Gasteiger partial charge in [0.05, 0.1) is 11.1 Å². The van der Waals surface area contributed by atoms with Gasteiger partial charge in [0.2, 0.25) is 0 Å². The van der Waals surface area contributed by atoms with E-state index in [9.17, 15) is 4.39 Å². The standard InChI is InChI=1S/C17H15ClFNO/c1-11(16-9-12-5-2-3-8-15(12)21-16)20-10-13-6-4-7-14(18)17(13)19/h2-9,11,20H,10H2,1H3. The third-order valence-corrected chi connectivity index (χ3v) is 3.79. The summed E-state index contributed by atoms with van der Waals surface area (Å²) in [5.41, 5.74) is 1.40. The molecule has 1 atom stereocenters. The Balaban J connectivity index is 1.74. The van der Waals surface area contributed by atoms with Gasteiger partial charge >= 0.3 is 0 Å². The van der Waals surface area contributed by atoms with Gasteiger partial charge in [-0.05, 0) is 25.1 Å². The lowest BCUT2D eigenvalue weighted by Crippen LogP contribution is -2.18. The number of para-hydroxylation sites is 1. The molecular weight excluding hydrogens is 289 g/mol. The number of halogens is 2. The number of nitrogens with one attached hydrogen (secondary N) is 1. The number of hydrogen-bond donors (Lipinski definition) is 1. The molecular formula is C17H15ClFNO. The first kappa shape index (κ1) is 14.1. The second kappa shape index (κ2) is 5.88. The summed E-state index contributed by atoms with van der Waals surface area (Å²) in [5.74, 6) is 0.460. The van der Waals surface area contributed by atoms with Crippen molar-refractivity contribution >= 4 is 22.6 Å². The van der Waals surface area contributed by atoms with Crippen molar-refractivity contribution < 1.29 is 8.81 Å². The van der Waals surface area contributed by atoms with Gasteiger partial charge in [0.25, 0.3) is 0 Å². The number of furan rings is 1. The topological polar surface area (TPSA) is 25.2 Å². The molecule has 4 heteroatoms. The lowest BCUT2D eigenvalue weighted by Gasteiger charge is -2.12. The Kier molecular flexibility index (Phi) is 3.95. The van der Waals surface area contributed by atoms with Crippen molar-refractivity contribution in [1.82, 2.24) is 5.32 Å². The van der Waals surface area contributed by atoms with Crippen LogP contribution in [0.25, 0.3) is 11.0 Å². The van der Waals surface area contributed by atoms with E-state index in [2.05, 4.69) is 5.32 Å². The highest BCUT2D eigenvalue weighted by atomic mass is 35.5. The molecule has 2 nitrogen and oxygen atoms in total. The summed E-state index contributed by atoms with van der Waals surface area (Å²) in [6.45, 7) is 2.38. The van der Waals surface area contributed by atoms with Gasteiger partial charge in [-0.15, -0.1) is 0 Å². The summed E-state index contributed by atoms with van der Waals surface area (Å²) in [6, 6.07) is 14.8. The Morgan fingerprint density at radius 3 is 2.81 bits per heavy atom. The fourth-order valence-electron chi connectivity index (χ4n) is 2.26. The lowest BCUT2D eigenvalue weighted by atomic mass is 10.1. The molecule has 1 unspecified atom stereocenters. The summed E-state index contributed by atoms with van der Waals surface area (Å²) in [7, 11) is 0. The minimum atomic E-state index is -0.372. The highest BCUT2D eigenvalue weighted by Gasteiger charge is 2.12. The van der Waals surface area contributed by atoms with Gasteiger partial charge in [-0.1, -0.05) is 41.9 Å². The van der Waals surface area contributed by atoms with Gasteiger partial charge in [0.1, 0.15) is 17.2 Å². The van der Waals surface area contributed by atoms with Crippen molar-refractivity contribution in [2.75, 3.05) is 0 Å². The van der Waals surface area contributed by atoms with Gasteiger partial charge in [0.15, 0.2) is 0 Å². The summed E-state index contributed by atoms with van der Waals surface area (Å²) >= 11 is 5.78. The van der Waals surface area contributed by atoms with Crippen molar-refractivity contribution in [2.45, 2.75) is 19.5 Å². The second-order valence-corrected chi connectivity index (χ2v) is 5.41. The molecule has 1 aromatic heterocycles. The van der Waals surface area contributed by atoms with E-state index >= 15 is 0 Å². The van der Waals surface area contributed by atoms with E-state index in [1.807, 2.05) is 37.3 Å². The molecule has 0 spiro atoms. The van der Waals surface area contributed by atoms with Crippen LogP contribution in [0.3, 0.4) is 0 Å². The predicted molar refractivity (Wildman–Crippen MR) is 82.9 cm³/mol. The maximum absolute atomic E-state index is 13.8. The molecule has 0 fully saturated rings. The molecule has 3 aromatic rings. The molecule has 0 amide bonds. The SMILES string of the molecule is CC(NCc1cccc(Cl)c1F)c1cc2ccccc2o1. The summed E-state index contributed by atoms with van der Waals surface area (Å²) < 4.78 is 19.6. The minimum absolute atomic E-state index is 0.0178. The zero-order chi connectivity index (χ0) is 14.8. The maximum atomic E-state index is 13.8. The molecule has 1 N–H and O–H groups in total. The molecule has 0 aliphatic carbocycles. The third kappa shape index (κ3) is 2.94. The third-order valence-electron chi connectivity index (χ3n) is 3.50. The zero-order valence-corrected chi connectivity index (χ0v) is 12.3. The van der Waals surface area contributed by atoms with Crippen LogP contribution in [0.4, 0.5) is 4.39 Å². The van der Waals surface area contributed by atoms with Crippen molar-refractivity contribution in [3.05, 3.63) is 70.7 Å². The summed E-state index contributed by atoms with van der Waals surface area (Å²) in [5, 5.41) is 4.46. The zero-order valence-electron chi connectivity index (χ0n) is 11.6. The van der Waals surface area contributed by atoms with Gasteiger partial charge in [0, 0.05) is 17.5 Å². The van der Waals surface area contributed by atoms with Crippen molar-refractivity contribution in [3.63, 3.8) is 0 Å². The van der Waals surface area contributed by atoms with Crippen LogP contribution < -0.4 is 5.32 Å². The highest BCUT2D eigenvalue weighted by molar-refractivity contribution is 6.30. The van der Waals surface area contributed by atoms with Crippen LogP contribution in [0.1, 0.15) is 24.3 Å². The molecule has 108 valence electrons. The average Bonchev–Trinajstić information content (AvgIpc) is 2.92. The van der Waals surface area contributed by atoms with Crippen LogP contribution >= 0.6 is 11.6 Å². The molecule has 0 saturated heterocycles. The Morgan fingerprint density at radius 1 is 1.19 bits per heavy atom. The first-order valence-electron chi connectivity index (χ1n) is 6.80. The Morgan fingerprint density at radius 2 is 2.00 bits per heavy atom. The Labute approximate surface area is 127 Å². The van der Waals surface area contributed by atoms with E-state index in [-0.39, 0.29) is 16.9 Å².